The van der Waals surface area contributed by atoms with E-state index in [4.69, 9.17) is 9.26 Å². The monoisotopic (exact) mass is 412 g/mol. The molecular formula is C23H25FN2O4. The van der Waals surface area contributed by atoms with Crippen molar-refractivity contribution in [1.29, 1.82) is 0 Å². The van der Waals surface area contributed by atoms with Gasteiger partial charge in [0, 0.05) is 30.3 Å². The third-order valence-electron chi connectivity index (χ3n) is 5.65. The van der Waals surface area contributed by atoms with Crippen molar-refractivity contribution in [2.75, 3.05) is 26.2 Å². The van der Waals surface area contributed by atoms with Gasteiger partial charge in [-0.25, -0.2) is 4.39 Å². The summed E-state index contributed by atoms with van der Waals surface area (Å²) in [6.07, 6.45) is 3.91. The zero-order valence-corrected chi connectivity index (χ0v) is 16.7. The van der Waals surface area contributed by atoms with Crippen molar-refractivity contribution in [3.05, 3.63) is 53.5 Å². The number of halogens is 1. The molecule has 0 aliphatic carbocycles. The van der Waals surface area contributed by atoms with Crippen molar-refractivity contribution in [2.24, 2.45) is 0 Å². The lowest BCUT2D eigenvalue weighted by molar-refractivity contribution is -0.107. The number of aromatic nitrogens is 1. The third kappa shape index (κ3) is 4.62. The van der Waals surface area contributed by atoms with E-state index < -0.39 is 0 Å². The Morgan fingerprint density at radius 2 is 2.07 bits per heavy atom. The molecule has 1 aromatic heterocycles. The van der Waals surface area contributed by atoms with Gasteiger partial charge in [-0.1, -0.05) is 11.2 Å². The summed E-state index contributed by atoms with van der Waals surface area (Å²) >= 11 is 0. The summed E-state index contributed by atoms with van der Waals surface area (Å²) in [5.74, 6) is 0.520. The first kappa shape index (κ1) is 20.3. The van der Waals surface area contributed by atoms with E-state index in [1.54, 1.807) is 24.3 Å². The SMILES string of the molecule is O=CCc1ccc(OCCCN2CCC(c3noc4cc(F)ccc34)CC2)c(O)c1. The lowest BCUT2D eigenvalue weighted by Crippen LogP contribution is -2.34. The molecule has 0 atom stereocenters. The van der Waals surface area contributed by atoms with Gasteiger partial charge in [0.25, 0.3) is 0 Å². The van der Waals surface area contributed by atoms with E-state index in [9.17, 15) is 14.3 Å². The molecule has 1 aliphatic rings. The van der Waals surface area contributed by atoms with Crippen LogP contribution in [0, 0.1) is 5.82 Å². The molecule has 1 saturated heterocycles. The molecule has 2 heterocycles. The summed E-state index contributed by atoms with van der Waals surface area (Å²) in [7, 11) is 0. The highest BCUT2D eigenvalue weighted by Crippen LogP contribution is 2.33. The topological polar surface area (TPSA) is 75.8 Å². The van der Waals surface area contributed by atoms with Crippen molar-refractivity contribution < 1.29 is 23.6 Å². The van der Waals surface area contributed by atoms with Crippen molar-refractivity contribution >= 4 is 17.3 Å². The molecule has 6 nitrogen and oxygen atoms in total. The standard InChI is InChI=1S/C23H25FN2O4/c24-18-3-4-19-22(15-18)30-25-23(19)17-6-10-26(11-7-17)9-1-13-29-21-5-2-16(8-12-27)14-20(21)28/h2-5,12,14-15,17,28H,1,6-11,13H2. The van der Waals surface area contributed by atoms with Gasteiger partial charge in [-0.3, -0.25) is 0 Å². The summed E-state index contributed by atoms with van der Waals surface area (Å²) in [5.41, 5.74) is 2.20. The minimum atomic E-state index is -0.313. The maximum atomic E-state index is 13.3. The minimum absolute atomic E-state index is 0.0647. The van der Waals surface area contributed by atoms with Crippen LogP contribution < -0.4 is 4.74 Å². The van der Waals surface area contributed by atoms with Crippen molar-refractivity contribution in [1.82, 2.24) is 10.1 Å². The van der Waals surface area contributed by atoms with Crippen LogP contribution in [0.3, 0.4) is 0 Å². The molecule has 7 heteroatoms. The average molecular weight is 412 g/mol. The van der Waals surface area contributed by atoms with Crippen LogP contribution in [0.4, 0.5) is 4.39 Å². The highest BCUT2D eigenvalue weighted by Gasteiger charge is 2.25. The molecule has 1 fully saturated rings. The Morgan fingerprint density at radius 1 is 1.23 bits per heavy atom. The molecule has 2 aromatic carbocycles. The molecule has 0 bridgehead atoms. The number of carbonyl (C=O) groups excluding carboxylic acids is 1. The van der Waals surface area contributed by atoms with E-state index in [0.29, 0.717) is 23.9 Å². The number of phenolic OH excluding ortho intramolecular Hbond substituents is 1. The molecule has 30 heavy (non-hydrogen) atoms. The smallest absolute Gasteiger partial charge is 0.170 e. The molecule has 0 amide bonds. The Morgan fingerprint density at radius 3 is 2.83 bits per heavy atom. The number of rotatable bonds is 8. The number of aldehydes is 1. The van der Waals surface area contributed by atoms with Crippen LogP contribution in [0.15, 0.2) is 40.9 Å². The van der Waals surface area contributed by atoms with Crippen molar-refractivity contribution in [3.63, 3.8) is 0 Å². The zero-order valence-electron chi connectivity index (χ0n) is 16.7. The minimum Gasteiger partial charge on any atom is -0.504 e. The van der Waals surface area contributed by atoms with Gasteiger partial charge < -0.3 is 24.1 Å². The van der Waals surface area contributed by atoms with Crippen LogP contribution in [0.2, 0.25) is 0 Å². The first-order valence-electron chi connectivity index (χ1n) is 10.3. The number of aromatic hydroxyl groups is 1. The van der Waals surface area contributed by atoms with Crippen molar-refractivity contribution in [3.8, 4) is 11.5 Å². The van der Waals surface area contributed by atoms with Crippen LogP contribution >= 0.6 is 0 Å². The molecule has 0 unspecified atom stereocenters. The van der Waals surface area contributed by atoms with Crippen molar-refractivity contribution in [2.45, 2.75) is 31.6 Å². The summed E-state index contributed by atoms with van der Waals surface area (Å²) < 4.78 is 24.3. The number of benzene rings is 2. The first-order chi connectivity index (χ1) is 14.6. The fourth-order valence-electron chi connectivity index (χ4n) is 4.03. The second-order valence-electron chi connectivity index (χ2n) is 7.70. The molecule has 3 aromatic rings. The fraction of sp³-hybridized carbons (Fsp3) is 0.391. The molecular weight excluding hydrogens is 387 g/mol. The molecule has 0 spiro atoms. The van der Waals surface area contributed by atoms with Gasteiger partial charge in [0.1, 0.15) is 12.1 Å². The first-order valence-corrected chi connectivity index (χ1v) is 10.3. The van der Waals surface area contributed by atoms with Crippen LogP contribution in [0.25, 0.3) is 11.0 Å². The number of carbonyl (C=O) groups is 1. The predicted molar refractivity (Wildman–Crippen MR) is 110 cm³/mol. The number of hydrogen-bond acceptors (Lipinski definition) is 6. The summed E-state index contributed by atoms with van der Waals surface area (Å²) in [6.45, 7) is 3.36. The largest absolute Gasteiger partial charge is 0.504 e. The number of phenols is 1. The van der Waals surface area contributed by atoms with Crippen LogP contribution in [0.1, 0.15) is 36.4 Å². The van der Waals surface area contributed by atoms with E-state index in [1.165, 1.54) is 12.1 Å². The predicted octanol–water partition coefficient (Wildman–Crippen LogP) is 4.06. The molecule has 0 saturated carbocycles. The number of ether oxygens (including phenoxy) is 1. The average Bonchev–Trinajstić information content (AvgIpc) is 3.16. The molecule has 0 radical (unpaired) electrons. The summed E-state index contributed by atoms with van der Waals surface area (Å²) in [6, 6.07) is 9.64. The highest BCUT2D eigenvalue weighted by atomic mass is 19.1. The van der Waals surface area contributed by atoms with Gasteiger partial charge >= 0.3 is 0 Å². The van der Waals surface area contributed by atoms with Gasteiger partial charge in [0.05, 0.1) is 12.3 Å². The summed E-state index contributed by atoms with van der Waals surface area (Å²) in [4.78, 5) is 12.9. The number of nitrogens with zero attached hydrogens (tertiary/aromatic N) is 2. The lowest BCUT2D eigenvalue weighted by atomic mass is 9.91. The maximum Gasteiger partial charge on any atom is 0.170 e. The molecule has 1 aliphatic heterocycles. The normalized spacial score (nSPS) is 15.5. The van der Waals surface area contributed by atoms with Crippen LogP contribution in [-0.2, 0) is 11.2 Å². The number of likely N-dealkylation sites (tertiary alicyclic amines) is 1. The Hall–Kier alpha value is -2.93. The fourth-order valence-corrected chi connectivity index (χ4v) is 4.03. The Balaban J connectivity index is 1.22. The molecule has 4 rings (SSSR count). The zero-order chi connectivity index (χ0) is 20.9. The number of fused-ring (bicyclic) bond motifs is 1. The highest BCUT2D eigenvalue weighted by molar-refractivity contribution is 5.79. The Bertz CT molecular complexity index is 1010. The Labute approximate surface area is 174 Å². The summed E-state index contributed by atoms with van der Waals surface area (Å²) in [5, 5.41) is 15.1. The third-order valence-corrected chi connectivity index (χ3v) is 5.65. The maximum absolute atomic E-state index is 13.3. The van der Waals surface area contributed by atoms with Gasteiger partial charge in [-0.15, -0.1) is 0 Å². The van der Waals surface area contributed by atoms with E-state index in [2.05, 4.69) is 10.1 Å². The lowest BCUT2D eigenvalue weighted by Gasteiger charge is -2.31. The van der Waals surface area contributed by atoms with E-state index >= 15 is 0 Å². The Kier molecular flexibility index (Phi) is 6.28. The van der Waals surface area contributed by atoms with E-state index in [1.807, 2.05) is 0 Å². The van der Waals surface area contributed by atoms with Gasteiger partial charge in [0.2, 0.25) is 0 Å². The second-order valence-corrected chi connectivity index (χ2v) is 7.70. The quantitative estimate of drug-likeness (QED) is 0.444. The molecule has 1 N–H and O–H groups in total. The molecule has 158 valence electrons. The van der Waals surface area contributed by atoms with Gasteiger partial charge in [-0.2, -0.15) is 0 Å². The van der Waals surface area contributed by atoms with Gasteiger partial charge in [0.15, 0.2) is 17.1 Å². The van der Waals surface area contributed by atoms with E-state index in [0.717, 1.165) is 61.8 Å². The van der Waals surface area contributed by atoms with Gasteiger partial charge in [-0.05, 0) is 62.2 Å². The van der Waals surface area contributed by atoms with E-state index in [-0.39, 0.29) is 18.0 Å². The number of hydrogen-bond donors (Lipinski definition) is 1. The second kappa shape index (κ2) is 9.26. The van der Waals surface area contributed by atoms with Crippen LogP contribution in [0.5, 0.6) is 11.5 Å². The van der Waals surface area contributed by atoms with Crippen LogP contribution in [-0.4, -0.2) is 47.7 Å². The number of piperidine rings is 1.